The van der Waals surface area contributed by atoms with Gasteiger partial charge in [-0.2, -0.15) is 0 Å². The van der Waals surface area contributed by atoms with Gasteiger partial charge in [0.05, 0.1) is 4.90 Å². The highest BCUT2D eigenvalue weighted by molar-refractivity contribution is 7.89. The van der Waals surface area contributed by atoms with Gasteiger partial charge in [-0.25, -0.2) is 13.1 Å². The molecule has 0 aromatic heterocycles. The monoisotopic (exact) mass is 346 g/mol. The maximum Gasteiger partial charge on any atom is 0.255 e. The molecule has 2 aromatic rings. The van der Waals surface area contributed by atoms with E-state index < -0.39 is 10.0 Å². The zero-order valence-electron chi connectivity index (χ0n) is 13.9. The number of carbonyl (C=O) groups is 1. The molecule has 0 spiro atoms. The summed E-state index contributed by atoms with van der Waals surface area (Å²) < 4.78 is 25.9. The van der Waals surface area contributed by atoms with Crippen molar-refractivity contribution in [1.29, 1.82) is 0 Å². The van der Waals surface area contributed by atoms with Crippen LogP contribution in [-0.2, 0) is 16.4 Å². The third kappa shape index (κ3) is 4.66. The molecule has 0 fully saturated rings. The summed E-state index contributed by atoms with van der Waals surface area (Å²) in [6.45, 7) is 2.15. The van der Waals surface area contributed by atoms with Gasteiger partial charge in [-0.1, -0.05) is 31.5 Å². The van der Waals surface area contributed by atoms with Gasteiger partial charge in [-0.05, 0) is 55.8 Å². The van der Waals surface area contributed by atoms with Crippen molar-refractivity contribution >= 4 is 21.6 Å². The molecule has 6 heteroatoms. The van der Waals surface area contributed by atoms with Crippen LogP contribution in [0.2, 0.25) is 0 Å². The molecule has 0 saturated carbocycles. The first-order valence-corrected chi connectivity index (χ1v) is 9.38. The topological polar surface area (TPSA) is 75.3 Å². The first-order chi connectivity index (χ1) is 11.5. The molecule has 5 nitrogen and oxygen atoms in total. The van der Waals surface area contributed by atoms with Crippen LogP contribution < -0.4 is 10.0 Å². The van der Waals surface area contributed by atoms with Crippen LogP contribution in [0.1, 0.15) is 35.7 Å². The molecule has 0 saturated heterocycles. The summed E-state index contributed by atoms with van der Waals surface area (Å²) in [7, 11) is -2.24. The summed E-state index contributed by atoms with van der Waals surface area (Å²) in [5.74, 6) is -0.343. The molecule has 0 aliphatic heterocycles. The Labute approximate surface area is 143 Å². The Hall–Kier alpha value is -2.18. The molecule has 24 heavy (non-hydrogen) atoms. The third-order valence-corrected chi connectivity index (χ3v) is 5.12. The van der Waals surface area contributed by atoms with Crippen LogP contribution in [0.4, 0.5) is 5.69 Å². The van der Waals surface area contributed by atoms with E-state index >= 15 is 0 Å². The average molecular weight is 346 g/mol. The zero-order valence-corrected chi connectivity index (χ0v) is 14.7. The number of hydrogen-bond donors (Lipinski definition) is 2. The quantitative estimate of drug-likeness (QED) is 0.808. The van der Waals surface area contributed by atoms with E-state index in [2.05, 4.69) is 17.0 Å². The van der Waals surface area contributed by atoms with Gasteiger partial charge in [-0.15, -0.1) is 0 Å². The molecule has 2 rings (SSSR count). The number of aryl methyl sites for hydroxylation is 1. The smallest absolute Gasteiger partial charge is 0.255 e. The van der Waals surface area contributed by atoms with E-state index in [1.807, 2.05) is 24.3 Å². The van der Waals surface area contributed by atoms with Crippen LogP contribution in [0.5, 0.6) is 0 Å². The van der Waals surface area contributed by atoms with Crippen molar-refractivity contribution in [1.82, 2.24) is 4.72 Å². The number of rotatable bonds is 7. The fraction of sp³-hybridized carbons (Fsp3) is 0.278. The van der Waals surface area contributed by atoms with Crippen molar-refractivity contribution in [2.45, 2.75) is 31.1 Å². The first kappa shape index (κ1) is 18.2. The molecule has 0 atom stereocenters. The second-order valence-corrected chi connectivity index (χ2v) is 7.38. The lowest BCUT2D eigenvalue weighted by Gasteiger charge is -2.08. The molecule has 0 aliphatic rings. The van der Waals surface area contributed by atoms with E-state index in [1.165, 1.54) is 24.7 Å². The lowest BCUT2D eigenvalue weighted by Crippen LogP contribution is -2.19. The highest BCUT2D eigenvalue weighted by Gasteiger charge is 2.14. The van der Waals surface area contributed by atoms with Crippen LogP contribution in [0.25, 0.3) is 0 Å². The van der Waals surface area contributed by atoms with E-state index in [1.54, 1.807) is 12.1 Å². The highest BCUT2D eigenvalue weighted by atomic mass is 32.2. The predicted octanol–water partition coefficient (Wildman–Crippen LogP) is 3.19. The van der Waals surface area contributed by atoms with Gasteiger partial charge in [0.1, 0.15) is 0 Å². The summed E-state index contributed by atoms with van der Waals surface area (Å²) in [6, 6.07) is 13.6. The minimum atomic E-state index is -3.57. The minimum absolute atomic E-state index is 0.0626. The largest absolute Gasteiger partial charge is 0.322 e. The molecule has 1 amide bonds. The number of amides is 1. The van der Waals surface area contributed by atoms with Gasteiger partial charge in [-0.3, -0.25) is 4.79 Å². The Morgan fingerprint density at radius 3 is 2.42 bits per heavy atom. The Balaban J connectivity index is 2.11. The second-order valence-electron chi connectivity index (χ2n) is 5.49. The second kappa shape index (κ2) is 8.08. The summed E-state index contributed by atoms with van der Waals surface area (Å²) in [4.78, 5) is 12.4. The molecule has 0 radical (unpaired) electrons. The van der Waals surface area contributed by atoms with Gasteiger partial charge in [0.15, 0.2) is 0 Å². The van der Waals surface area contributed by atoms with E-state index in [0.29, 0.717) is 11.3 Å². The fourth-order valence-electron chi connectivity index (χ4n) is 2.26. The molecule has 0 bridgehead atoms. The third-order valence-electron chi connectivity index (χ3n) is 3.71. The number of hydrogen-bond acceptors (Lipinski definition) is 3. The van der Waals surface area contributed by atoms with Crippen molar-refractivity contribution < 1.29 is 13.2 Å². The van der Waals surface area contributed by atoms with Gasteiger partial charge in [0, 0.05) is 11.3 Å². The fourth-order valence-corrected chi connectivity index (χ4v) is 3.04. The average Bonchev–Trinajstić information content (AvgIpc) is 2.61. The molecule has 2 N–H and O–H groups in total. The van der Waals surface area contributed by atoms with Crippen molar-refractivity contribution in [3.05, 3.63) is 59.7 Å². The summed E-state index contributed by atoms with van der Waals surface area (Å²) in [5, 5.41) is 2.78. The van der Waals surface area contributed by atoms with Crippen LogP contribution in [-0.4, -0.2) is 21.4 Å². The lowest BCUT2D eigenvalue weighted by molar-refractivity contribution is 0.102. The maximum absolute atomic E-state index is 12.3. The summed E-state index contributed by atoms with van der Waals surface area (Å²) in [6.07, 6.45) is 3.30. The molecular formula is C18H22N2O3S. The lowest BCUT2D eigenvalue weighted by atomic mass is 10.1. The van der Waals surface area contributed by atoms with Gasteiger partial charge in [0.25, 0.3) is 5.91 Å². The Morgan fingerprint density at radius 1 is 1.08 bits per heavy atom. The van der Waals surface area contributed by atoms with E-state index in [9.17, 15) is 13.2 Å². The maximum atomic E-state index is 12.3. The van der Waals surface area contributed by atoms with Crippen molar-refractivity contribution in [2.75, 3.05) is 12.4 Å². The van der Waals surface area contributed by atoms with Gasteiger partial charge in [0.2, 0.25) is 10.0 Å². The van der Waals surface area contributed by atoms with E-state index in [0.717, 1.165) is 19.3 Å². The predicted molar refractivity (Wildman–Crippen MR) is 95.7 cm³/mol. The number of carbonyl (C=O) groups excluding carboxylic acids is 1. The molecule has 0 heterocycles. The Bertz CT molecular complexity index is 799. The van der Waals surface area contributed by atoms with E-state index in [-0.39, 0.29) is 10.8 Å². The van der Waals surface area contributed by atoms with Crippen LogP contribution >= 0.6 is 0 Å². The molecule has 0 unspecified atom stereocenters. The van der Waals surface area contributed by atoms with Crippen molar-refractivity contribution in [2.24, 2.45) is 0 Å². The highest BCUT2D eigenvalue weighted by Crippen LogP contribution is 2.15. The SMILES string of the molecule is CCCCc1ccc(NC(=O)c2cccc(S(=O)(=O)NC)c2)cc1. The number of sulfonamides is 1. The van der Waals surface area contributed by atoms with Gasteiger partial charge < -0.3 is 5.32 Å². The molecule has 2 aromatic carbocycles. The minimum Gasteiger partial charge on any atom is -0.322 e. The summed E-state index contributed by atoms with van der Waals surface area (Å²) >= 11 is 0. The zero-order chi connectivity index (χ0) is 17.6. The Kier molecular flexibility index (Phi) is 6.11. The van der Waals surface area contributed by atoms with Crippen molar-refractivity contribution in [3.63, 3.8) is 0 Å². The molecule has 0 aliphatic carbocycles. The number of benzene rings is 2. The Morgan fingerprint density at radius 2 is 1.79 bits per heavy atom. The number of nitrogens with one attached hydrogen (secondary N) is 2. The normalized spacial score (nSPS) is 11.2. The van der Waals surface area contributed by atoms with Crippen LogP contribution in [0, 0.1) is 0 Å². The molecular weight excluding hydrogens is 324 g/mol. The van der Waals surface area contributed by atoms with Crippen LogP contribution in [0.15, 0.2) is 53.4 Å². The summed E-state index contributed by atoms with van der Waals surface area (Å²) in [5.41, 5.74) is 2.21. The standard InChI is InChI=1S/C18H22N2O3S/c1-3-4-6-14-9-11-16(12-10-14)20-18(21)15-7-5-8-17(13-15)24(22,23)19-2/h5,7-13,19H,3-4,6H2,1-2H3,(H,20,21). The number of anilines is 1. The first-order valence-electron chi connectivity index (χ1n) is 7.90. The van der Waals surface area contributed by atoms with Gasteiger partial charge >= 0.3 is 0 Å². The number of unbranched alkanes of at least 4 members (excludes halogenated alkanes) is 1. The molecule has 128 valence electrons. The van der Waals surface area contributed by atoms with E-state index in [4.69, 9.17) is 0 Å². The van der Waals surface area contributed by atoms with Crippen LogP contribution in [0.3, 0.4) is 0 Å². The van der Waals surface area contributed by atoms with Crippen molar-refractivity contribution in [3.8, 4) is 0 Å².